The van der Waals surface area contributed by atoms with Gasteiger partial charge in [0.15, 0.2) is 5.43 Å². The van der Waals surface area contributed by atoms with Crippen LogP contribution >= 0.6 is 0 Å². The minimum absolute atomic E-state index is 0.214. The highest BCUT2D eigenvalue weighted by Crippen LogP contribution is 2.25. The van der Waals surface area contributed by atoms with E-state index in [1.807, 2.05) is 18.2 Å². The van der Waals surface area contributed by atoms with Crippen LogP contribution in [-0.2, 0) is 9.53 Å². The number of esters is 1. The SMILES string of the molecule is CCOC(=O)[C@H](c1ccccc1)c1coc2ccccc2c1=O. The van der Waals surface area contributed by atoms with Crippen LogP contribution in [0.15, 0.2) is 70.1 Å². The molecule has 4 nitrogen and oxygen atoms in total. The summed E-state index contributed by atoms with van der Waals surface area (Å²) in [4.78, 5) is 25.2. The molecule has 0 aliphatic heterocycles. The molecule has 116 valence electrons. The highest BCUT2D eigenvalue weighted by atomic mass is 16.5. The monoisotopic (exact) mass is 308 g/mol. The van der Waals surface area contributed by atoms with Crippen LogP contribution in [0.4, 0.5) is 0 Å². The Balaban J connectivity index is 2.19. The number of benzene rings is 2. The van der Waals surface area contributed by atoms with E-state index < -0.39 is 11.9 Å². The molecule has 23 heavy (non-hydrogen) atoms. The third-order valence-electron chi connectivity index (χ3n) is 3.67. The highest BCUT2D eigenvalue weighted by Gasteiger charge is 2.27. The second kappa shape index (κ2) is 6.48. The van der Waals surface area contributed by atoms with E-state index in [1.54, 1.807) is 43.3 Å². The Morgan fingerprint density at radius 1 is 1.09 bits per heavy atom. The zero-order valence-corrected chi connectivity index (χ0v) is 12.7. The van der Waals surface area contributed by atoms with Crippen molar-refractivity contribution in [3.05, 3.63) is 82.2 Å². The molecular formula is C19H16O4. The van der Waals surface area contributed by atoms with Crippen molar-refractivity contribution in [3.8, 4) is 0 Å². The molecule has 0 unspecified atom stereocenters. The number of ether oxygens (including phenoxy) is 1. The number of para-hydroxylation sites is 1. The largest absolute Gasteiger partial charge is 0.465 e. The number of carbonyl (C=O) groups excluding carboxylic acids is 1. The molecule has 0 radical (unpaired) electrons. The summed E-state index contributed by atoms with van der Waals surface area (Å²) in [5.74, 6) is -1.25. The van der Waals surface area contributed by atoms with Crippen molar-refractivity contribution in [3.63, 3.8) is 0 Å². The van der Waals surface area contributed by atoms with Gasteiger partial charge in [0.2, 0.25) is 0 Å². The van der Waals surface area contributed by atoms with Gasteiger partial charge in [0.25, 0.3) is 0 Å². The van der Waals surface area contributed by atoms with E-state index in [9.17, 15) is 9.59 Å². The average Bonchev–Trinajstić information content (AvgIpc) is 2.59. The van der Waals surface area contributed by atoms with Gasteiger partial charge in [0, 0.05) is 0 Å². The van der Waals surface area contributed by atoms with Gasteiger partial charge in [0.05, 0.1) is 23.8 Å². The van der Waals surface area contributed by atoms with Gasteiger partial charge < -0.3 is 9.15 Å². The van der Waals surface area contributed by atoms with Crippen molar-refractivity contribution in [1.82, 2.24) is 0 Å². The first-order chi connectivity index (χ1) is 11.2. The predicted octanol–water partition coefficient (Wildman–Crippen LogP) is 3.49. The normalized spacial score (nSPS) is 12.0. The first-order valence-electron chi connectivity index (χ1n) is 7.44. The third kappa shape index (κ3) is 2.88. The van der Waals surface area contributed by atoms with E-state index in [4.69, 9.17) is 9.15 Å². The summed E-state index contributed by atoms with van der Waals surface area (Å²) in [6.45, 7) is 1.99. The van der Waals surface area contributed by atoms with Crippen LogP contribution < -0.4 is 5.43 Å². The van der Waals surface area contributed by atoms with Gasteiger partial charge in [-0.2, -0.15) is 0 Å². The maximum Gasteiger partial charge on any atom is 0.318 e. The van der Waals surface area contributed by atoms with Crippen molar-refractivity contribution in [2.75, 3.05) is 6.61 Å². The van der Waals surface area contributed by atoms with Gasteiger partial charge in [-0.1, -0.05) is 42.5 Å². The van der Waals surface area contributed by atoms with Crippen LogP contribution in [0, 0.1) is 0 Å². The van der Waals surface area contributed by atoms with Gasteiger partial charge in [0.1, 0.15) is 11.5 Å². The van der Waals surface area contributed by atoms with Gasteiger partial charge in [-0.05, 0) is 24.6 Å². The molecule has 0 saturated carbocycles. The fraction of sp³-hybridized carbons (Fsp3) is 0.158. The van der Waals surface area contributed by atoms with Crippen LogP contribution in [0.25, 0.3) is 11.0 Å². The maximum atomic E-state index is 12.8. The molecule has 0 amide bonds. The Hall–Kier alpha value is -2.88. The molecular weight excluding hydrogens is 292 g/mol. The lowest BCUT2D eigenvalue weighted by Gasteiger charge is -2.15. The Morgan fingerprint density at radius 3 is 2.52 bits per heavy atom. The molecule has 2 aromatic carbocycles. The number of rotatable bonds is 4. The lowest BCUT2D eigenvalue weighted by atomic mass is 9.92. The Bertz CT molecular complexity index is 881. The number of hydrogen-bond acceptors (Lipinski definition) is 4. The van der Waals surface area contributed by atoms with E-state index in [0.29, 0.717) is 16.5 Å². The summed E-state index contributed by atoms with van der Waals surface area (Å²) < 4.78 is 10.7. The lowest BCUT2D eigenvalue weighted by Crippen LogP contribution is -2.23. The lowest BCUT2D eigenvalue weighted by molar-refractivity contribution is -0.143. The third-order valence-corrected chi connectivity index (χ3v) is 3.67. The molecule has 3 aromatic rings. The number of hydrogen-bond donors (Lipinski definition) is 0. The Labute approximate surface area is 133 Å². The standard InChI is InChI=1S/C19H16O4/c1-2-22-19(21)17(13-8-4-3-5-9-13)15-12-23-16-11-7-6-10-14(16)18(15)20/h3-12,17H,2H2,1H3/t17-/m1/s1. The van der Waals surface area contributed by atoms with E-state index >= 15 is 0 Å². The molecule has 0 aliphatic rings. The molecule has 0 aliphatic carbocycles. The van der Waals surface area contributed by atoms with Crippen LogP contribution in [0.1, 0.15) is 24.0 Å². The van der Waals surface area contributed by atoms with Crippen molar-refractivity contribution in [2.45, 2.75) is 12.8 Å². The Morgan fingerprint density at radius 2 is 1.78 bits per heavy atom. The summed E-state index contributed by atoms with van der Waals surface area (Å²) in [7, 11) is 0. The van der Waals surface area contributed by atoms with Crippen molar-refractivity contribution in [1.29, 1.82) is 0 Å². The molecule has 0 saturated heterocycles. The zero-order valence-electron chi connectivity index (χ0n) is 12.7. The fourth-order valence-corrected chi connectivity index (χ4v) is 2.61. The molecule has 1 atom stereocenters. The second-order valence-electron chi connectivity index (χ2n) is 5.11. The average molecular weight is 308 g/mol. The number of fused-ring (bicyclic) bond motifs is 1. The molecule has 1 aromatic heterocycles. The quantitative estimate of drug-likeness (QED) is 0.692. The second-order valence-corrected chi connectivity index (χ2v) is 5.11. The van der Waals surface area contributed by atoms with Crippen LogP contribution in [0.5, 0.6) is 0 Å². The van der Waals surface area contributed by atoms with E-state index in [2.05, 4.69) is 0 Å². The highest BCUT2D eigenvalue weighted by molar-refractivity contribution is 5.84. The summed E-state index contributed by atoms with van der Waals surface area (Å²) in [5.41, 5.74) is 1.27. The van der Waals surface area contributed by atoms with Crippen molar-refractivity contribution < 1.29 is 13.9 Å². The van der Waals surface area contributed by atoms with Gasteiger partial charge in [-0.25, -0.2) is 0 Å². The molecule has 0 N–H and O–H groups in total. The number of carbonyl (C=O) groups is 1. The Kier molecular flexibility index (Phi) is 4.24. The summed E-state index contributed by atoms with van der Waals surface area (Å²) in [6, 6.07) is 16.1. The van der Waals surface area contributed by atoms with Crippen molar-refractivity contribution >= 4 is 16.9 Å². The fourth-order valence-electron chi connectivity index (χ4n) is 2.61. The van der Waals surface area contributed by atoms with Gasteiger partial charge in [-0.15, -0.1) is 0 Å². The first-order valence-corrected chi connectivity index (χ1v) is 7.44. The van der Waals surface area contributed by atoms with Crippen LogP contribution in [-0.4, -0.2) is 12.6 Å². The summed E-state index contributed by atoms with van der Waals surface area (Å²) >= 11 is 0. The van der Waals surface area contributed by atoms with E-state index in [-0.39, 0.29) is 17.6 Å². The van der Waals surface area contributed by atoms with Gasteiger partial charge >= 0.3 is 5.97 Å². The summed E-state index contributed by atoms with van der Waals surface area (Å²) in [6.07, 6.45) is 1.36. The van der Waals surface area contributed by atoms with E-state index in [0.717, 1.165) is 0 Å². The molecule has 3 rings (SSSR count). The molecule has 4 heteroatoms. The van der Waals surface area contributed by atoms with Crippen LogP contribution in [0.3, 0.4) is 0 Å². The zero-order chi connectivity index (χ0) is 16.2. The molecule has 0 fully saturated rings. The minimum atomic E-state index is -0.794. The minimum Gasteiger partial charge on any atom is -0.465 e. The topological polar surface area (TPSA) is 56.5 Å². The van der Waals surface area contributed by atoms with Crippen LogP contribution in [0.2, 0.25) is 0 Å². The summed E-state index contributed by atoms with van der Waals surface area (Å²) in [5, 5.41) is 0.454. The molecule has 0 bridgehead atoms. The molecule has 1 heterocycles. The van der Waals surface area contributed by atoms with Crippen molar-refractivity contribution in [2.24, 2.45) is 0 Å². The maximum absolute atomic E-state index is 12.8. The van der Waals surface area contributed by atoms with Gasteiger partial charge in [-0.3, -0.25) is 9.59 Å². The van der Waals surface area contributed by atoms with E-state index in [1.165, 1.54) is 6.26 Å². The smallest absolute Gasteiger partial charge is 0.318 e. The molecule has 0 spiro atoms. The predicted molar refractivity (Wildman–Crippen MR) is 87.4 cm³/mol. The first kappa shape index (κ1) is 15.0.